The summed E-state index contributed by atoms with van der Waals surface area (Å²) in [6.07, 6.45) is 0.858. The minimum atomic E-state index is -0.947. The maximum absolute atomic E-state index is 15.2. The Morgan fingerprint density at radius 3 is 2.00 bits per heavy atom. The van der Waals surface area contributed by atoms with Gasteiger partial charge in [0.05, 0.1) is 5.92 Å². The van der Waals surface area contributed by atoms with Crippen molar-refractivity contribution in [1.82, 2.24) is 4.90 Å². The number of amides is 1. The molecule has 0 aromatic heterocycles. The van der Waals surface area contributed by atoms with Gasteiger partial charge in [0.15, 0.2) is 11.0 Å². The van der Waals surface area contributed by atoms with Crippen LogP contribution in [-0.4, -0.2) is 28.7 Å². The quantitative estimate of drug-likeness (QED) is 0.331. The van der Waals surface area contributed by atoms with E-state index in [1.807, 2.05) is 0 Å². The van der Waals surface area contributed by atoms with E-state index in [2.05, 4.69) is 109 Å². The van der Waals surface area contributed by atoms with Crippen LogP contribution in [-0.2, 0) is 16.1 Å². The van der Waals surface area contributed by atoms with Gasteiger partial charge in [0.25, 0.3) is 0 Å². The van der Waals surface area contributed by atoms with E-state index in [0.29, 0.717) is 6.54 Å². The van der Waals surface area contributed by atoms with Gasteiger partial charge in [-0.1, -0.05) is 108 Å². The summed E-state index contributed by atoms with van der Waals surface area (Å²) in [4.78, 5) is 24.3. The highest BCUT2D eigenvalue weighted by Crippen LogP contribution is 2.77. The van der Waals surface area contributed by atoms with Gasteiger partial charge in [-0.25, -0.2) is 0 Å². The molecule has 3 aliphatic carbocycles. The van der Waals surface area contributed by atoms with Crippen LogP contribution in [0.2, 0.25) is 0 Å². The number of nitrogens with zero attached hydrogens (tertiary/aromatic N) is 2. The van der Waals surface area contributed by atoms with Gasteiger partial charge >= 0.3 is 0 Å². The predicted molar refractivity (Wildman–Crippen MR) is 145 cm³/mol. The van der Waals surface area contributed by atoms with Crippen molar-refractivity contribution in [3.05, 3.63) is 142 Å². The van der Waals surface area contributed by atoms with E-state index < -0.39 is 11.0 Å². The standard InChI is InChI=1S/C34H26N2O2/c1-20-14-16-22(17-15-20)30-33-28-24-10-4-6-12-26(24)29(27-13-7-5-11-25(27)28)34(33,38-35-30)31-23-9-3-2-8-21(23)18-19-36(31)32(33)37/h2-17,28-29,31H,18-19H2,1H3/t28?,29?,31-,33?,34?/m1/s1. The third-order valence-corrected chi connectivity index (χ3v) is 9.99. The molecule has 10 rings (SSSR count). The molecule has 1 amide bonds. The molecule has 38 heavy (non-hydrogen) atoms. The summed E-state index contributed by atoms with van der Waals surface area (Å²) in [5.74, 6) is -0.128. The Balaban J connectivity index is 1.44. The first kappa shape index (κ1) is 20.8. The number of benzene rings is 4. The average molecular weight is 495 g/mol. The molecule has 4 aromatic rings. The minimum absolute atomic E-state index is 0.114. The van der Waals surface area contributed by atoms with E-state index in [0.717, 1.165) is 17.7 Å². The summed E-state index contributed by atoms with van der Waals surface area (Å²) in [7, 11) is 0. The Hall–Kier alpha value is -4.18. The Kier molecular flexibility index (Phi) is 3.74. The fourth-order valence-electron chi connectivity index (χ4n) is 8.71. The third-order valence-electron chi connectivity index (χ3n) is 9.99. The molecule has 4 nitrogen and oxygen atoms in total. The van der Waals surface area contributed by atoms with Gasteiger partial charge in [-0.15, -0.1) is 0 Å². The van der Waals surface area contributed by atoms with Crippen LogP contribution in [0.4, 0.5) is 0 Å². The van der Waals surface area contributed by atoms with Crippen LogP contribution in [0.3, 0.4) is 0 Å². The zero-order chi connectivity index (χ0) is 25.2. The molecule has 3 atom stereocenters. The number of carbonyl (C=O) groups is 1. The summed E-state index contributed by atoms with van der Waals surface area (Å²) >= 11 is 0. The van der Waals surface area contributed by atoms with E-state index in [9.17, 15) is 0 Å². The predicted octanol–water partition coefficient (Wildman–Crippen LogP) is 5.89. The molecule has 0 N–H and O–H groups in total. The van der Waals surface area contributed by atoms with Crippen LogP contribution in [0.25, 0.3) is 0 Å². The van der Waals surface area contributed by atoms with E-state index in [-0.39, 0.29) is 23.8 Å². The van der Waals surface area contributed by atoms with E-state index in [1.54, 1.807) is 0 Å². The Morgan fingerprint density at radius 1 is 0.763 bits per heavy atom. The average Bonchev–Trinajstić information content (AvgIpc) is 3.44. The second-order valence-electron chi connectivity index (χ2n) is 11.5. The van der Waals surface area contributed by atoms with Gasteiger partial charge in [-0.3, -0.25) is 4.79 Å². The zero-order valence-electron chi connectivity index (χ0n) is 21.1. The zero-order valence-corrected chi connectivity index (χ0v) is 21.1. The largest absolute Gasteiger partial charge is 0.384 e. The maximum atomic E-state index is 15.2. The molecule has 3 aliphatic heterocycles. The van der Waals surface area contributed by atoms with Crippen LogP contribution in [0.1, 0.15) is 62.4 Å². The van der Waals surface area contributed by atoms with Gasteiger partial charge in [0.1, 0.15) is 11.8 Å². The van der Waals surface area contributed by atoms with E-state index in [4.69, 9.17) is 9.99 Å². The molecule has 4 aromatic carbocycles. The lowest BCUT2D eigenvalue weighted by molar-refractivity contribution is -0.140. The van der Waals surface area contributed by atoms with Gasteiger partial charge in [-0.05, 0) is 46.7 Å². The second kappa shape index (κ2) is 6.82. The number of fused-ring (bicyclic) bond motifs is 3. The number of oxime groups is 1. The van der Waals surface area contributed by atoms with Crippen LogP contribution in [0.5, 0.6) is 0 Å². The van der Waals surface area contributed by atoms with Crippen LogP contribution in [0, 0.1) is 12.3 Å². The third kappa shape index (κ3) is 2.07. The topological polar surface area (TPSA) is 41.9 Å². The van der Waals surface area contributed by atoms with Gasteiger partial charge in [0, 0.05) is 18.0 Å². The first-order valence-corrected chi connectivity index (χ1v) is 13.6. The van der Waals surface area contributed by atoms with Crippen molar-refractivity contribution >= 4 is 11.6 Å². The Morgan fingerprint density at radius 2 is 1.34 bits per heavy atom. The van der Waals surface area contributed by atoms with Crippen molar-refractivity contribution in [3.8, 4) is 0 Å². The van der Waals surface area contributed by atoms with Crippen molar-refractivity contribution in [2.24, 2.45) is 10.6 Å². The summed E-state index contributed by atoms with van der Waals surface area (Å²) in [6, 6.07) is 34.3. The molecular weight excluding hydrogens is 468 g/mol. The van der Waals surface area contributed by atoms with Gasteiger partial charge in [0.2, 0.25) is 5.91 Å². The van der Waals surface area contributed by atoms with Gasteiger partial charge in [-0.2, -0.15) is 0 Å². The molecule has 2 unspecified atom stereocenters. The number of hydrogen-bond donors (Lipinski definition) is 0. The molecule has 3 heterocycles. The molecule has 2 bridgehead atoms. The normalized spacial score (nSPS) is 30.9. The fourth-order valence-corrected chi connectivity index (χ4v) is 8.71. The fraction of sp³-hybridized carbons (Fsp3) is 0.235. The number of hydrogen-bond acceptors (Lipinski definition) is 3. The molecular formula is C34H26N2O2. The smallest absolute Gasteiger partial charge is 0.241 e. The first-order valence-electron chi connectivity index (χ1n) is 13.6. The Labute approximate surface area is 221 Å². The maximum Gasteiger partial charge on any atom is 0.241 e. The molecule has 0 spiro atoms. The molecule has 0 saturated carbocycles. The summed E-state index contributed by atoms with van der Waals surface area (Å²) in [6.45, 7) is 2.78. The van der Waals surface area contributed by atoms with Gasteiger partial charge < -0.3 is 9.74 Å². The Bertz CT molecular complexity index is 1680. The van der Waals surface area contributed by atoms with Crippen molar-refractivity contribution in [2.45, 2.75) is 36.8 Å². The lowest BCUT2D eigenvalue weighted by Crippen LogP contribution is -2.64. The molecule has 1 saturated heterocycles. The van der Waals surface area contributed by atoms with Crippen LogP contribution in [0.15, 0.2) is 102 Å². The molecule has 1 fully saturated rings. The van der Waals surface area contributed by atoms with Crippen LogP contribution < -0.4 is 0 Å². The minimum Gasteiger partial charge on any atom is -0.384 e. The van der Waals surface area contributed by atoms with Crippen molar-refractivity contribution < 1.29 is 9.63 Å². The first-order chi connectivity index (χ1) is 18.7. The van der Waals surface area contributed by atoms with Crippen LogP contribution >= 0.6 is 0 Å². The molecule has 6 aliphatic rings. The summed E-state index contributed by atoms with van der Waals surface area (Å²) in [5.41, 5.74) is 8.65. The molecule has 4 heteroatoms. The lowest BCUT2D eigenvalue weighted by atomic mass is 9.43. The molecule has 184 valence electrons. The van der Waals surface area contributed by atoms with Crippen molar-refractivity contribution in [3.63, 3.8) is 0 Å². The summed E-state index contributed by atoms with van der Waals surface area (Å²) < 4.78 is 0. The summed E-state index contributed by atoms with van der Waals surface area (Å²) in [5, 5.41) is 4.94. The lowest BCUT2D eigenvalue weighted by Gasteiger charge is -2.57. The number of aryl methyl sites for hydroxylation is 1. The monoisotopic (exact) mass is 494 g/mol. The highest BCUT2D eigenvalue weighted by atomic mass is 16.7. The SMILES string of the molecule is Cc1ccc(C2=NOC34C5c6ccccc6C(c6ccccc65)C23C(=O)N2CCc3ccccc3[C@@H]24)cc1. The number of carbonyl (C=O) groups excluding carboxylic acids is 1. The van der Waals surface area contributed by atoms with E-state index in [1.165, 1.54) is 38.9 Å². The van der Waals surface area contributed by atoms with Crippen molar-refractivity contribution in [1.29, 1.82) is 0 Å². The second-order valence-corrected chi connectivity index (χ2v) is 11.5. The highest BCUT2D eigenvalue weighted by molar-refractivity contribution is 6.22. The highest BCUT2D eigenvalue weighted by Gasteiger charge is 2.85. The van der Waals surface area contributed by atoms with E-state index >= 15 is 4.79 Å². The van der Waals surface area contributed by atoms with Crippen molar-refractivity contribution in [2.75, 3.05) is 6.54 Å². The number of rotatable bonds is 1. The molecule has 0 radical (unpaired) electrons.